The summed E-state index contributed by atoms with van der Waals surface area (Å²) in [4.78, 5) is 12.8. The standard InChI is InChI=1S/C30H48O6/c1-25(2)11-13-30(24(35)36)14-12-28(5)17(21(30)23(25)34)7-8-20-26(3)15-18(32)22(33)27(4,16-31)19(26)9-10-29(20,28)6/h7,18-23,31-34H,8-16H2,1-6H3,(H,35,36)/t18?,19-,20-,21-,22?,23?,26+,27+,28-,29-,30+/m1/s1. The largest absolute Gasteiger partial charge is 0.481 e. The molecule has 4 fully saturated rings. The molecule has 204 valence electrons. The molecule has 4 saturated carbocycles. The topological polar surface area (TPSA) is 118 Å². The van der Waals surface area contributed by atoms with Gasteiger partial charge in [0.05, 0.1) is 30.3 Å². The van der Waals surface area contributed by atoms with E-state index >= 15 is 0 Å². The Bertz CT molecular complexity index is 974. The van der Waals surface area contributed by atoms with Gasteiger partial charge in [0.15, 0.2) is 0 Å². The number of fused-ring (bicyclic) bond motifs is 7. The highest BCUT2D eigenvalue weighted by molar-refractivity contribution is 5.77. The SMILES string of the molecule is CC1(C)CC[C@]2(C(=O)O)CC[C@]3(C)C(=CC[C@@H]4[C@@]5(C)CC(O)C(O)[C@@](C)(CO)[C@@H]5CC[C@]43C)[C@@H]2C1O. The molecule has 0 amide bonds. The van der Waals surface area contributed by atoms with Crippen LogP contribution in [0.5, 0.6) is 0 Å². The van der Waals surface area contributed by atoms with Crippen molar-refractivity contribution in [2.75, 3.05) is 6.61 Å². The maximum Gasteiger partial charge on any atom is 0.310 e. The molecule has 36 heavy (non-hydrogen) atoms. The molecule has 3 unspecified atom stereocenters. The van der Waals surface area contributed by atoms with Crippen LogP contribution in [0, 0.1) is 50.2 Å². The maximum absolute atomic E-state index is 12.8. The van der Waals surface area contributed by atoms with E-state index in [-0.39, 0.29) is 46.0 Å². The van der Waals surface area contributed by atoms with E-state index in [1.807, 2.05) is 6.92 Å². The average molecular weight is 505 g/mol. The van der Waals surface area contributed by atoms with Crippen LogP contribution in [-0.2, 0) is 4.79 Å². The van der Waals surface area contributed by atoms with Crippen LogP contribution >= 0.6 is 0 Å². The number of carbonyl (C=O) groups is 1. The highest BCUT2D eigenvalue weighted by atomic mass is 16.4. The van der Waals surface area contributed by atoms with Gasteiger partial charge in [0.25, 0.3) is 0 Å². The summed E-state index contributed by atoms with van der Waals surface area (Å²) >= 11 is 0. The predicted molar refractivity (Wildman–Crippen MR) is 137 cm³/mol. The molecule has 0 aliphatic heterocycles. The number of carboxylic acid groups (broad SMARTS) is 1. The lowest BCUT2D eigenvalue weighted by Crippen LogP contribution is -2.69. The number of aliphatic carboxylic acids is 1. The van der Waals surface area contributed by atoms with E-state index in [0.717, 1.165) is 31.3 Å². The van der Waals surface area contributed by atoms with Crippen molar-refractivity contribution in [3.8, 4) is 0 Å². The van der Waals surface area contributed by atoms with Gasteiger partial charge in [-0.25, -0.2) is 0 Å². The minimum absolute atomic E-state index is 0.0888. The first-order valence-corrected chi connectivity index (χ1v) is 14.1. The molecule has 6 nitrogen and oxygen atoms in total. The second kappa shape index (κ2) is 7.80. The van der Waals surface area contributed by atoms with Crippen molar-refractivity contribution < 1.29 is 30.3 Å². The minimum Gasteiger partial charge on any atom is -0.481 e. The molecule has 5 rings (SSSR count). The molecule has 0 spiro atoms. The summed E-state index contributed by atoms with van der Waals surface area (Å²) in [5.41, 5.74) is -1.50. The van der Waals surface area contributed by atoms with Gasteiger partial charge in [-0.2, -0.15) is 0 Å². The fraction of sp³-hybridized carbons (Fsp3) is 0.900. The Kier molecular flexibility index (Phi) is 5.77. The lowest BCUT2D eigenvalue weighted by Gasteiger charge is -2.71. The fourth-order valence-corrected chi connectivity index (χ4v) is 10.8. The van der Waals surface area contributed by atoms with Crippen LogP contribution in [0.2, 0.25) is 0 Å². The smallest absolute Gasteiger partial charge is 0.310 e. The molecule has 0 heterocycles. The van der Waals surface area contributed by atoms with E-state index in [9.17, 15) is 30.3 Å². The van der Waals surface area contributed by atoms with E-state index in [0.29, 0.717) is 25.7 Å². The van der Waals surface area contributed by atoms with Gasteiger partial charge >= 0.3 is 5.97 Å². The van der Waals surface area contributed by atoms with E-state index in [1.165, 1.54) is 0 Å². The lowest BCUT2D eigenvalue weighted by molar-refractivity contribution is -0.245. The first-order chi connectivity index (χ1) is 16.5. The van der Waals surface area contributed by atoms with Crippen LogP contribution in [-0.4, -0.2) is 56.4 Å². The summed E-state index contributed by atoms with van der Waals surface area (Å²) in [7, 11) is 0. The Morgan fingerprint density at radius 1 is 0.917 bits per heavy atom. The number of rotatable bonds is 2. The quantitative estimate of drug-likeness (QED) is 0.361. The first-order valence-electron chi connectivity index (χ1n) is 14.1. The van der Waals surface area contributed by atoms with Gasteiger partial charge in [-0.05, 0) is 84.9 Å². The summed E-state index contributed by atoms with van der Waals surface area (Å²) < 4.78 is 0. The minimum atomic E-state index is -0.944. The molecule has 0 radical (unpaired) electrons. The molecule has 0 saturated heterocycles. The van der Waals surface area contributed by atoms with Gasteiger partial charge in [0.2, 0.25) is 0 Å². The van der Waals surface area contributed by atoms with Gasteiger partial charge in [-0.1, -0.05) is 53.2 Å². The Morgan fingerprint density at radius 3 is 2.17 bits per heavy atom. The van der Waals surface area contributed by atoms with Crippen molar-refractivity contribution in [3.05, 3.63) is 11.6 Å². The van der Waals surface area contributed by atoms with E-state index in [1.54, 1.807) is 0 Å². The zero-order valence-electron chi connectivity index (χ0n) is 23.0. The molecule has 0 aromatic heterocycles. The second-order valence-electron chi connectivity index (χ2n) is 15.0. The van der Waals surface area contributed by atoms with Crippen molar-refractivity contribution in [3.63, 3.8) is 0 Å². The monoisotopic (exact) mass is 504 g/mol. The van der Waals surface area contributed by atoms with Gasteiger partial charge < -0.3 is 25.5 Å². The highest BCUT2D eigenvalue weighted by Crippen LogP contribution is 2.75. The highest BCUT2D eigenvalue weighted by Gasteiger charge is 2.71. The lowest BCUT2D eigenvalue weighted by atomic mass is 9.33. The molecule has 11 atom stereocenters. The first kappa shape index (κ1) is 26.6. The van der Waals surface area contributed by atoms with Crippen molar-refractivity contribution in [2.45, 2.75) is 111 Å². The van der Waals surface area contributed by atoms with E-state index < -0.39 is 35.1 Å². The predicted octanol–water partition coefficient (Wildman–Crippen LogP) is 4.15. The van der Waals surface area contributed by atoms with E-state index in [2.05, 4.69) is 40.7 Å². The molecule has 0 bridgehead atoms. The van der Waals surface area contributed by atoms with Crippen LogP contribution in [0.15, 0.2) is 11.6 Å². The third-order valence-electron chi connectivity index (χ3n) is 13.4. The third kappa shape index (κ3) is 2.96. The Morgan fingerprint density at radius 2 is 1.56 bits per heavy atom. The Balaban J connectivity index is 1.63. The molecule has 5 aliphatic carbocycles. The number of hydrogen-bond donors (Lipinski definition) is 5. The van der Waals surface area contributed by atoms with Gasteiger partial charge in [-0.3, -0.25) is 4.79 Å². The molecular formula is C30H48O6. The van der Waals surface area contributed by atoms with Crippen LogP contribution < -0.4 is 0 Å². The zero-order valence-corrected chi connectivity index (χ0v) is 23.0. The van der Waals surface area contributed by atoms with Gasteiger partial charge in [0.1, 0.15) is 0 Å². The summed E-state index contributed by atoms with van der Waals surface area (Å²) in [6, 6.07) is 0. The number of carboxylic acids is 1. The molecule has 5 aliphatic rings. The number of hydrogen-bond acceptors (Lipinski definition) is 5. The molecule has 6 heteroatoms. The van der Waals surface area contributed by atoms with Crippen molar-refractivity contribution >= 4 is 5.97 Å². The number of allylic oxidation sites excluding steroid dienone is 1. The number of aliphatic hydroxyl groups is 4. The molecule has 0 aromatic carbocycles. The number of aliphatic hydroxyl groups excluding tert-OH is 4. The molecule has 0 aromatic rings. The van der Waals surface area contributed by atoms with E-state index in [4.69, 9.17) is 0 Å². The van der Waals surface area contributed by atoms with Gasteiger partial charge in [0, 0.05) is 11.3 Å². The van der Waals surface area contributed by atoms with Gasteiger partial charge in [-0.15, -0.1) is 0 Å². The fourth-order valence-electron chi connectivity index (χ4n) is 10.8. The zero-order chi connectivity index (χ0) is 26.7. The Hall–Kier alpha value is -0.950. The normalized spacial score (nSPS) is 55.9. The van der Waals surface area contributed by atoms with Crippen molar-refractivity contribution in [1.29, 1.82) is 0 Å². The van der Waals surface area contributed by atoms with Crippen LogP contribution in [0.3, 0.4) is 0 Å². The van der Waals surface area contributed by atoms with Crippen molar-refractivity contribution in [1.82, 2.24) is 0 Å². The van der Waals surface area contributed by atoms with Crippen molar-refractivity contribution in [2.24, 2.45) is 50.2 Å². The van der Waals surface area contributed by atoms with Crippen LogP contribution in [0.25, 0.3) is 0 Å². The summed E-state index contributed by atoms with van der Waals surface area (Å²) in [6.07, 6.45) is 5.48. The summed E-state index contributed by atoms with van der Waals surface area (Å²) in [5.74, 6) is -0.833. The van der Waals surface area contributed by atoms with Crippen LogP contribution in [0.1, 0.15) is 92.9 Å². The maximum atomic E-state index is 12.8. The third-order valence-corrected chi connectivity index (χ3v) is 13.4. The summed E-state index contributed by atoms with van der Waals surface area (Å²) in [5, 5.41) is 54.5. The Labute approximate surface area is 216 Å². The molecule has 5 N–H and O–H groups in total. The average Bonchev–Trinajstić information content (AvgIpc) is 2.80. The molecular weight excluding hydrogens is 456 g/mol. The van der Waals surface area contributed by atoms with Crippen LogP contribution in [0.4, 0.5) is 0 Å². The summed E-state index contributed by atoms with van der Waals surface area (Å²) in [6.45, 7) is 12.9. The second-order valence-corrected chi connectivity index (χ2v) is 15.0.